The molecule has 14 heavy (non-hydrogen) atoms. The molecule has 3 nitrogen and oxygen atoms in total. The molecule has 1 rings (SSSR count). The summed E-state index contributed by atoms with van der Waals surface area (Å²) in [7, 11) is 0. The van der Waals surface area contributed by atoms with Gasteiger partial charge in [-0.2, -0.15) is 8.78 Å². The SMILES string of the molecule is CCC(=O)Oc1ccc(O)c(F)c1F. The van der Waals surface area contributed by atoms with Crippen LogP contribution in [0.1, 0.15) is 13.3 Å². The molecule has 1 aromatic rings. The second-order valence-electron chi connectivity index (χ2n) is 2.54. The average Bonchev–Trinajstić information content (AvgIpc) is 2.19. The Bertz CT molecular complexity index is 363. The highest BCUT2D eigenvalue weighted by atomic mass is 19.2. The minimum atomic E-state index is -1.42. The summed E-state index contributed by atoms with van der Waals surface area (Å²) in [6, 6.07) is 1.90. The number of hydrogen-bond acceptors (Lipinski definition) is 3. The van der Waals surface area contributed by atoms with E-state index in [9.17, 15) is 13.6 Å². The zero-order valence-corrected chi connectivity index (χ0v) is 7.38. The smallest absolute Gasteiger partial charge is 0.311 e. The highest BCUT2D eigenvalue weighted by molar-refractivity contribution is 5.72. The third-order valence-electron chi connectivity index (χ3n) is 1.54. The van der Waals surface area contributed by atoms with Crippen LogP contribution in [0.5, 0.6) is 11.5 Å². The lowest BCUT2D eigenvalue weighted by Crippen LogP contribution is -2.07. The highest BCUT2D eigenvalue weighted by Crippen LogP contribution is 2.26. The van der Waals surface area contributed by atoms with Gasteiger partial charge in [0, 0.05) is 6.42 Å². The van der Waals surface area contributed by atoms with Crippen LogP contribution in [0.4, 0.5) is 8.78 Å². The Balaban J connectivity index is 3.00. The van der Waals surface area contributed by atoms with Crippen molar-refractivity contribution in [3.63, 3.8) is 0 Å². The number of hydrogen-bond donors (Lipinski definition) is 1. The van der Waals surface area contributed by atoms with Crippen molar-refractivity contribution in [3.8, 4) is 11.5 Å². The van der Waals surface area contributed by atoms with Crippen LogP contribution in [0.25, 0.3) is 0 Å². The van der Waals surface area contributed by atoms with Crippen molar-refractivity contribution in [2.75, 3.05) is 0 Å². The standard InChI is InChI=1S/C9H8F2O3/c1-2-7(13)14-6-4-3-5(12)8(10)9(6)11/h3-4,12H,2H2,1H3. The number of carbonyl (C=O) groups excluding carboxylic acids is 1. The summed E-state index contributed by atoms with van der Waals surface area (Å²) in [4.78, 5) is 10.8. The molecule has 0 saturated carbocycles. The fraction of sp³-hybridized carbons (Fsp3) is 0.222. The van der Waals surface area contributed by atoms with E-state index in [2.05, 4.69) is 4.74 Å². The molecule has 0 heterocycles. The van der Waals surface area contributed by atoms with Crippen LogP contribution in [-0.2, 0) is 4.79 Å². The largest absolute Gasteiger partial charge is 0.505 e. The molecule has 0 saturated heterocycles. The van der Waals surface area contributed by atoms with Crippen LogP contribution in [0.15, 0.2) is 12.1 Å². The summed E-state index contributed by atoms with van der Waals surface area (Å²) < 4.78 is 30.1. The predicted octanol–water partition coefficient (Wildman–Crippen LogP) is 1.99. The zero-order chi connectivity index (χ0) is 10.7. The second-order valence-corrected chi connectivity index (χ2v) is 2.54. The van der Waals surface area contributed by atoms with Gasteiger partial charge >= 0.3 is 5.97 Å². The summed E-state index contributed by atoms with van der Waals surface area (Å²) in [5.74, 6) is -4.81. The number of esters is 1. The molecular formula is C9H8F2O3. The minimum Gasteiger partial charge on any atom is -0.505 e. The minimum absolute atomic E-state index is 0.0575. The van der Waals surface area contributed by atoms with E-state index in [1.54, 1.807) is 0 Å². The molecule has 0 aliphatic carbocycles. The Morgan fingerprint density at radius 2 is 2.07 bits per heavy atom. The summed E-state index contributed by atoms with van der Waals surface area (Å²) in [6.07, 6.45) is 0.0575. The number of rotatable bonds is 2. The van der Waals surface area contributed by atoms with Gasteiger partial charge in [-0.05, 0) is 12.1 Å². The van der Waals surface area contributed by atoms with E-state index in [4.69, 9.17) is 5.11 Å². The Hall–Kier alpha value is -1.65. The maximum Gasteiger partial charge on any atom is 0.311 e. The Labute approximate surface area is 78.9 Å². The summed E-state index contributed by atoms with van der Waals surface area (Å²) in [5.41, 5.74) is 0. The van der Waals surface area contributed by atoms with Crippen LogP contribution in [-0.4, -0.2) is 11.1 Å². The van der Waals surface area contributed by atoms with Gasteiger partial charge in [0.1, 0.15) is 0 Å². The first kappa shape index (κ1) is 10.4. The monoisotopic (exact) mass is 202 g/mol. The van der Waals surface area contributed by atoms with Gasteiger partial charge in [-0.25, -0.2) is 0 Å². The molecule has 0 amide bonds. The lowest BCUT2D eigenvalue weighted by molar-refractivity contribution is -0.134. The van der Waals surface area contributed by atoms with Crippen molar-refractivity contribution < 1.29 is 23.4 Å². The first-order chi connectivity index (χ1) is 6.56. The normalized spacial score (nSPS) is 9.93. The van der Waals surface area contributed by atoms with Gasteiger partial charge in [-0.3, -0.25) is 4.79 Å². The van der Waals surface area contributed by atoms with Crippen LogP contribution >= 0.6 is 0 Å². The molecule has 0 aliphatic heterocycles. The summed E-state index contributed by atoms with van der Waals surface area (Å²) >= 11 is 0. The van der Waals surface area contributed by atoms with E-state index in [1.807, 2.05) is 0 Å². The molecule has 0 aliphatic rings. The molecule has 1 N–H and O–H groups in total. The number of phenols is 1. The van der Waals surface area contributed by atoms with Crippen LogP contribution in [0, 0.1) is 11.6 Å². The van der Waals surface area contributed by atoms with Crippen LogP contribution in [0.2, 0.25) is 0 Å². The number of ether oxygens (including phenoxy) is 1. The van der Waals surface area contributed by atoms with Gasteiger partial charge in [0.05, 0.1) is 0 Å². The van der Waals surface area contributed by atoms with Gasteiger partial charge in [0.15, 0.2) is 11.5 Å². The van der Waals surface area contributed by atoms with E-state index in [-0.39, 0.29) is 6.42 Å². The van der Waals surface area contributed by atoms with E-state index in [0.29, 0.717) is 0 Å². The Morgan fingerprint density at radius 3 is 2.64 bits per heavy atom. The molecule has 0 fully saturated rings. The van der Waals surface area contributed by atoms with E-state index in [1.165, 1.54) is 6.92 Å². The van der Waals surface area contributed by atoms with Crippen LogP contribution in [0.3, 0.4) is 0 Å². The number of phenolic OH excluding ortho intramolecular Hbond substituents is 1. The fourth-order valence-corrected chi connectivity index (χ4v) is 0.795. The first-order valence-electron chi connectivity index (χ1n) is 3.94. The van der Waals surface area contributed by atoms with Crippen molar-refractivity contribution in [3.05, 3.63) is 23.8 Å². The number of benzene rings is 1. The molecule has 0 unspecified atom stereocenters. The quantitative estimate of drug-likeness (QED) is 0.589. The molecule has 5 heteroatoms. The lowest BCUT2D eigenvalue weighted by Gasteiger charge is -2.04. The first-order valence-corrected chi connectivity index (χ1v) is 3.94. The van der Waals surface area contributed by atoms with E-state index < -0.39 is 29.1 Å². The maximum absolute atomic E-state index is 12.9. The van der Waals surface area contributed by atoms with Gasteiger partial charge in [-0.1, -0.05) is 6.92 Å². The third-order valence-corrected chi connectivity index (χ3v) is 1.54. The fourth-order valence-electron chi connectivity index (χ4n) is 0.795. The number of carbonyl (C=O) groups is 1. The lowest BCUT2D eigenvalue weighted by atomic mass is 10.3. The van der Waals surface area contributed by atoms with Crippen molar-refractivity contribution in [2.45, 2.75) is 13.3 Å². The highest BCUT2D eigenvalue weighted by Gasteiger charge is 2.15. The predicted molar refractivity (Wildman–Crippen MR) is 43.9 cm³/mol. The van der Waals surface area contributed by atoms with Crippen molar-refractivity contribution in [2.24, 2.45) is 0 Å². The van der Waals surface area contributed by atoms with Gasteiger partial charge < -0.3 is 9.84 Å². The number of halogens is 2. The topological polar surface area (TPSA) is 46.5 Å². The van der Waals surface area contributed by atoms with Gasteiger partial charge in [-0.15, -0.1) is 0 Å². The molecule has 0 bridgehead atoms. The summed E-state index contributed by atoms with van der Waals surface area (Å²) in [6.45, 7) is 1.52. The second kappa shape index (κ2) is 4.04. The summed E-state index contributed by atoms with van der Waals surface area (Å²) in [5, 5.41) is 8.76. The molecule has 0 spiro atoms. The Morgan fingerprint density at radius 1 is 1.43 bits per heavy atom. The molecule has 1 aromatic carbocycles. The number of aromatic hydroxyl groups is 1. The van der Waals surface area contributed by atoms with Crippen molar-refractivity contribution in [1.82, 2.24) is 0 Å². The molecule has 0 atom stereocenters. The van der Waals surface area contributed by atoms with Crippen molar-refractivity contribution in [1.29, 1.82) is 0 Å². The molecule has 0 radical (unpaired) electrons. The van der Waals surface area contributed by atoms with E-state index >= 15 is 0 Å². The molecule has 76 valence electrons. The van der Waals surface area contributed by atoms with Crippen LogP contribution < -0.4 is 4.74 Å². The Kier molecular flexibility index (Phi) is 3.01. The van der Waals surface area contributed by atoms with Gasteiger partial charge in [0.2, 0.25) is 11.6 Å². The molecule has 0 aromatic heterocycles. The maximum atomic E-state index is 12.9. The molecular weight excluding hydrogens is 194 g/mol. The zero-order valence-electron chi connectivity index (χ0n) is 7.38. The van der Waals surface area contributed by atoms with Gasteiger partial charge in [0.25, 0.3) is 0 Å². The average molecular weight is 202 g/mol. The van der Waals surface area contributed by atoms with Crippen molar-refractivity contribution >= 4 is 5.97 Å². The third kappa shape index (κ3) is 1.99. The van der Waals surface area contributed by atoms with E-state index in [0.717, 1.165) is 12.1 Å².